The lowest BCUT2D eigenvalue weighted by molar-refractivity contribution is -0.161. The van der Waals surface area contributed by atoms with Gasteiger partial charge in [0.1, 0.15) is 19.3 Å². The predicted octanol–water partition coefficient (Wildman–Crippen LogP) is 19.1. The molecule has 0 amide bonds. The van der Waals surface area contributed by atoms with Crippen LogP contribution in [0.1, 0.15) is 337 Å². The monoisotopic (exact) mass is 1280 g/mol. The van der Waals surface area contributed by atoms with Gasteiger partial charge in [0.15, 0.2) is 12.2 Å². The third-order valence-corrected chi connectivity index (χ3v) is 17.5. The molecule has 0 radical (unpaired) electrons. The van der Waals surface area contributed by atoms with E-state index in [2.05, 4.69) is 48.5 Å². The first kappa shape index (κ1) is 85.1. The molecule has 0 aliphatic carbocycles. The molecule has 0 aromatic rings. The van der Waals surface area contributed by atoms with E-state index in [9.17, 15) is 43.2 Å². The molecule has 0 bridgehead atoms. The summed E-state index contributed by atoms with van der Waals surface area (Å²) in [6, 6.07) is 0. The number of phosphoric acid groups is 2. The Kier molecular flexibility index (Phi) is 57.8. The number of carbonyl (C=O) groups is 4. The Morgan fingerprint density at radius 2 is 0.529 bits per heavy atom. The first-order chi connectivity index (χ1) is 41.7. The lowest BCUT2D eigenvalue weighted by Gasteiger charge is -2.21. The Bertz CT molecular complexity index is 1720. The Morgan fingerprint density at radius 1 is 0.310 bits per heavy atom. The van der Waals surface area contributed by atoms with Crippen molar-refractivity contribution in [2.45, 2.75) is 356 Å². The minimum absolute atomic E-state index is 0.103. The van der Waals surface area contributed by atoms with Crippen molar-refractivity contribution in [3.05, 3.63) is 0 Å². The van der Waals surface area contributed by atoms with Gasteiger partial charge in [-0.15, -0.1) is 0 Å². The first-order valence-electron chi connectivity index (χ1n) is 35.3. The highest BCUT2D eigenvalue weighted by molar-refractivity contribution is 7.47. The number of phosphoric ester groups is 2. The molecule has 0 rings (SSSR count). The molecule has 0 aromatic heterocycles. The van der Waals surface area contributed by atoms with Gasteiger partial charge in [-0.2, -0.15) is 0 Å². The summed E-state index contributed by atoms with van der Waals surface area (Å²) in [6.45, 7) is 11.7. The zero-order chi connectivity index (χ0) is 64.5. The molecule has 0 saturated heterocycles. The Labute approximate surface area is 530 Å². The van der Waals surface area contributed by atoms with Gasteiger partial charge >= 0.3 is 39.5 Å². The number of aliphatic hydroxyl groups is 1. The lowest BCUT2D eigenvalue weighted by atomic mass is 10.0. The zero-order valence-corrected chi connectivity index (χ0v) is 58.3. The molecule has 0 saturated carbocycles. The molecule has 0 aliphatic rings. The van der Waals surface area contributed by atoms with Crippen LogP contribution in [0.3, 0.4) is 0 Å². The Hall–Kier alpha value is -1.94. The van der Waals surface area contributed by atoms with Gasteiger partial charge in [-0.1, -0.05) is 286 Å². The van der Waals surface area contributed by atoms with Crippen molar-refractivity contribution in [2.24, 2.45) is 17.8 Å². The third-order valence-electron chi connectivity index (χ3n) is 15.6. The molecule has 0 aromatic carbocycles. The van der Waals surface area contributed by atoms with Crippen LogP contribution < -0.4 is 0 Å². The second kappa shape index (κ2) is 59.1. The molecule has 3 N–H and O–H groups in total. The van der Waals surface area contributed by atoms with Gasteiger partial charge in [0.05, 0.1) is 26.4 Å². The van der Waals surface area contributed by atoms with Crippen LogP contribution in [0.2, 0.25) is 0 Å². The largest absolute Gasteiger partial charge is 0.472 e. The highest BCUT2D eigenvalue weighted by atomic mass is 31.2. The average Bonchev–Trinajstić information content (AvgIpc) is 3.67. The summed E-state index contributed by atoms with van der Waals surface area (Å²) in [5.41, 5.74) is 0. The molecule has 19 heteroatoms. The van der Waals surface area contributed by atoms with Crippen molar-refractivity contribution >= 4 is 39.5 Å². The third kappa shape index (κ3) is 62.6. The number of esters is 4. The molecule has 0 fully saturated rings. The highest BCUT2D eigenvalue weighted by Gasteiger charge is 2.30. The minimum atomic E-state index is -4.95. The molecule has 0 spiro atoms. The summed E-state index contributed by atoms with van der Waals surface area (Å²) < 4.78 is 68.1. The van der Waals surface area contributed by atoms with Crippen LogP contribution in [-0.2, 0) is 65.4 Å². The summed E-state index contributed by atoms with van der Waals surface area (Å²) in [5, 5.41) is 10.6. The quantitative estimate of drug-likeness (QED) is 0.0222. The normalized spacial score (nSPS) is 14.3. The molecule has 5 atom stereocenters. The molecular weight excluding hydrogens is 1150 g/mol. The number of hydrogen-bond donors (Lipinski definition) is 3. The van der Waals surface area contributed by atoms with Crippen molar-refractivity contribution in [2.75, 3.05) is 39.6 Å². The Morgan fingerprint density at radius 3 is 0.782 bits per heavy atom. The SMILES string of the molecule is CCCCCCCCCCC(=O)OC[C@H](COP(=O)(O)OC[C@H](O)COP(=O)(O)OC[C@@H](COC(=O)CCCCCCCCCCCC(C)C)OC(=O)CCCCCCCCCCCCCCCCC(C)C)OC(=O)CCCCCCCCCC(C)C. The first-order valence-corrected chi connectivity index (χ1v) is 38.3. The van der Waals surface area contributed by atoms with Crippen LogP contribution in [0.15, 0.2) is 0 Å². The number of aliphatic hydroxyl groups excluding tert-OH is 1. The van der Waals surface area contributed by atoms with Crippen molar-refractivity contribution in [3.8, 4) is 0 Å². The maximum Gasteiger partial charge on any atom is 0.472 e. The molecule has 87 heavy (non-hydrogen) atoms. The minimum Gasteiger partial charge on any atom is -0.462 e. The second-order valence-corrected chi connectivity index (χ2v) is 28.9. The fourth-order valence-electron chi connectivity index (χ4n) is 10.2. The number of ether oxygens (including phenoxy) is 4. The van der Waals surface area contributed by atoms with E-state index in [1.54, 1.807) is 0 Å². The van der Waals surface area contributed by atoms with E-state index < -0.39 is 97.5 Å². The van der Waals surface area contributed by atoms with Crippen LogP contribution in [0, 0.1) is 17.8 Å². The van der Waals surface area contributed by atoms with Crippen molar-refractivity contribution in [3.63, 3.8) is 0 Å². The number of carbonyl (C=O) groups excluding carboxylic acids is 4. The van der Waals surface area contributed by atoms with E-state index in [1.165, 1.54) is 141 Å². The van der Waals surface area contributed by atoms with Gasteiger partial charge in [-0.25, -0.2) is 9.13 Å². The Balaban J connectivity index is 5.21. The standard InChI is InChI=1S/C68H132O17P2/c1-8-9-10-11-12-28-35-42-49-65(70)78-55-64(85-68(73)52-45-38-31-24-27-34-41-48-61(6)7)58-83-87(76,77)81-54-62(69)53-80-86(74,75)82-57-63(56-79-66(71)50-43-36-29-23-19-21-26-33-40-47-60(4)5)84-67(72)51-44-37-30-22-18-16-14-13-15-17-20-25-32-39-46-59(2)3/h59-64,69H,8-58H2,1-7H3,(H,74,75)(H,76,77)/t62-,63-,64-/m1/s1. The molecule has 2 unspecified atom stereocenters. The van der Waals surface area contributed by atoms with E-state index in [-0.39, 0.29) is 25.7 Å². The fraction of sp³-hybridized carbons (Fsp3) is 0.941. The highest BCUT2D eigenvalue weighted by Crippen LogP contribution is 2.45. The molecular formula is C68H132O17P2. The number of rotatable bonds is 66. The topological polar surface area (TPSA) is 237 Å². The van der Waals surface area contributed by atoms with Gasteiger partial charge in [0.25, 0.3) is 0 Å². The van der Waals surface area contributed by atoms with E-state index in [4.69, 9.17) is 37.0 Å². The predicted molar refractivity (Wildman–Crippen MR) is 349 cm³/mol. The number of hydrogen-bond acceptors (Lipinski definition) is 15. The zero-order valence-electron chi connectivity index (χ0n) is 56.5. The van der Waals surface area contributed by atoms with Crippen molar-refractivity contribution in [1.29, 1.82) is 0 Å². The summed E-state index contributed by atoms with van der Waals surface area (Å²) >= 11 is 0. The summed E-state index contributed by atoms with van der Waals surface area (Å²) in [7, 11) is -9.89. The maximum absolute atomic E-state index is 13.0. The van der Waals surface area contributed by atoms with Crippen LogP contribution in [0.5, 0.6) is 0 Å². The average molecular weight is 1280 g/mol. The van der Waals surface area contributed by atoms with E-state index in [1.807, 2.05) is 0 Å². The van der Waals surface area contributed by atoms with Crippen molar-refractivity contribution in [1.82, 2.24) is 0 Å². The van der Waals surface area contributed by atoms with E-state index in [0.717, 1.165) is 108 Å². The maximum atomic E-state index is 13.0. The summed E-state index contributed by atoms with van der Waals surface area (Å²) in [6.07, 6.45) is 41.8. The number of unbranched alkanes of at least 4 members (excludes halogenated alkanes) is 34. The van der Waals surface area contributed by atoms with Crippen molar-refractivity contribution < 1.29 is 80.2 Å². The molecule has 17 nitrogen and oxygen atoms in total. The van der Waals surface area contributed by atoms with Crippen LogP contribution >= 0.6 is 15.6 Å². The summed E-state index contributed by atoms with van der Waals surface area (Å²) in [5.74, 6) is 0.101. The smallest absolute Gasteiger partial charge is 0.462 e. The van der Waals surface area contributed by atoms with Gasteiger partial charge in [0, 0.05) is 25.7 Å². The van der Waals surface area contributed by atoms with Crippen LogP contribution in [-0.4, -0.2) is 96.7 Å². The van der Waals surface area contributed by atoms with E-state index >= 15 is 0 Å². The summed E-state index contributed by atoms with van der Waals surface area (Å²) in [4.78, 5) is 72.3. The van der Waals surface area contributed by atoms with Gasteiger partial charge in [-0.3, -0.25) is 37.3 Å². The van der Waals surface area contributed by atoms with Gasteiger partial charge < -0.3 is 33.8 Å². The molecule has 0 heterocycles. The second-order valence-electron chi connectivity index (χ2n) is 26.0. The molecule has 516 valence electrons. The molecule has 0 aliphatic heterocycles. The fourth-order valence-corrected chi connectivity index (χ4v) is 11.8. The van der Waals surface area contributed by atoms with Crippen LogP contribution in [0.4, 0.5) is 0 Å². The van der Waals surface area contributed by atoms with E-state index in [0.29, 0.717) is 31.6 Å². The van der Waals surface area contributed by atoms with Crippen LogP contribution in [0.25, 0.3) is 0 Å². The van der Waals surface area contributed by atoms with Gasteiger partial charge in [-0.05, 0) is 43.4 Å². The van der Waals surface area contributed by atoms with Gasteiger partial charge in [0.2, 0.25) is 0 Å². The lowest BCUT2D eigenvalue weighted by Crippen LogP contribution is -2.30.